The summed E-state index contributed by atoms with van der Waals surface area (Å²) in [7, 11) is 0. The molecule has 1 N–H and O–H groups in total. The number of nitrogens with one attached hydrogen (secondary N) is 1. The van der Waals surface area contributed by atoms with Crippen LogP contribution in [0.3, 0.4) is 0 Å². The van der Waals surface area contributed by atoms with E-state index in [4.69, 9.17) is 0 Å². The molecule has 0 saturated carbocycles. The maximum Gasteiger partial charge on any atom is 0.0387 e. The maximum atomic E-state index is 3.59. The molecule has 0 amide bonds. The summed E-state index contributed by atoms with van der Waals surface area (Å²) < 4.78 is 0. The lowest BCUT2D eigenvalue weighted by Crippen LogP contribution is -2.61. The lowest BCUT2D eigenvalue weighted by molar-refractivity contribution is 0.318. The number of hydrogen-bond donors (Lipinski definition) is 1. The molecule has 0 radical (unpaired) electrons. The molecule has 2 rings (SSSR count). The zero-order chi connectivity index (χ0) is 12.5. The number of nitrogens with zero attached hydrogens (tertiary/aromatic N) is 1. The zero-order valence-electron chi connectivity index (χ0n) is 11.5. The summed E-state index contributed by atoms with van der Waals surface area (Å²) in [6.45, 7) is 11.2. The molecule has 0 bridgehead atoms. The third-order valence-electron chi connectivity index (χ3n) is 3.65. The topological polar surface area (TPSA) is 15.3 Å². The fourth-order valence-electron chi connectivity index (χ4n) is 2.44. The lowest BCUT2D eigenvalue weighted by atomic mass is 9.98. The lowest BCUT2D eigenvalue weighted by Gasteiger charge is -2.44. The van der Waals surface area contributed by atoms with Crippen molar-refractivity contribution in [2.24, 2.45) is 0 Å². The first-order chi connectivity index (χ1) is 8.02. The van der Waals surface area contributed by atoms with Crippen LogP contribution in [-0.2, 0) is 6.42 Å². The SMILES string of the molecule is CCc1ccc(N2CC(C)(C)NCC2C)cc1. The third-order valence-corrected chi connectivity index (χ3v) is 3.65. The van der Waals surface area contributed by atoms with Gasteiger partial charge in [-0.05, 0) is 44.9 Å². The quantitative estimate of drug-likeness (QED) is 0.843. The van der Waals surface area contributed by atoms with Crippen molar-refractivity contribution in [3.63, 3.8) is 0 Å². The van der Waals surface area contributed by atoms with E-state index in [1.165, 1.54) is 11.3 Å². The van der Waals surface area contributed by atoms with Gasteiger partial charge in [-0.25, -0.2) is 0 Å². The summed E-state index contributed by atoms with van der Waals surface area (Å²) in [6, 6.07) is 9.58. The largest absolute Gasteiger partial charge is 0.366 e. The van der Waals surface area contributed by atoms with Gasteiger partial charge in [-0.1, -0.05) is 19.1 Å². The van der Waals surface area contributed by atoms with Gasteiger partial charge in [-0.2, -0.15) is 0 Å². The Labute approximate surface area is 105 Å². The van der Waals surface area contributed by atoms with Gasteiger partial charge in [0, 0.05) is 30.4 Å². The molecule has 1 aliphatic rings. The molecule has 1 aromatic rings. The minimum absolute atomic E-state index is 0.204. The monoisotopic (exact) mass is 232 g/mol. The number of benzene rings is 1. The molecule has 1 aliphatic heterocycles. The number of piperazine rings is 1. The highest BCUT2D eigenvalue weighted by Gasteiger charge is 2.30. The molecule has 1 unspecified atom stereocenters. The number of hydrogen-bond acceptors (Lipinski definition) is 2. The first kappa shape index (κ1) is 12.4. The van der Waals surface area contributed by atoms with Gasteiger partial charge in [-0.15, -0.1) is 0 Å². The van der Waals surface area contributed by atoms with Gasteiger partial charge in [0.1, 0.15) is 0 Å². The number of anilines is 1. The maximum absolute atomic E-state index is 3.59. The summed E-state index contributed by atoms with van der Waals surface area (Å²) in [5.74, 6) is 0. The highest BCUT2D eigenvalue weighted by atomic mass is 15.2. The highest BCUT2D eigenvalue weighted by Crippen LogP contribution is 2.23. The van der Waals surface area contributed by atoms with E-state index in [-0.39, 0.29) is 5.54 Å². The van der Waals surface area contributed by atoms with Gasteiger partial charge in [0.25, 0.3) is 0 Å². The molecule has 0 spiro atoms. The molecule has 0 aromatic heterocycles. The smallest absolute Gasteiger partial charge is 0.0387 e. The zero-order valence-corrected chi connectivity index (χ0v) is 11.5. The molecule has 17 heavy (non-hydrogen) atoms. The fourth-order valence-corrected chi connectivity index (χ4v) is 2.44. The minimum Gasteiger partial charge on any atom is -0.366 e. The van der Waals surface area contributed by atoms with Gasteiger partial charge in [0.2, 0.25) is 0 Å². The molecule has 1 aromatic carbocycles. The first-order valence-electron chi connectivity index (χ1n) is 6.62. The van der Waals surface area contributed by atoms with E-state index >= 15 is 0 Å². The van der Waals surface area contributed by atoms with E-state index in [1.807, 2.05) is 0 Å². The van der Waals surface area contributed by atoms with Gasteiger partial charge in [0.15, 0.2) is 0 Å². The summed E-state index contributed by atoms with van der Waals surface area (Å²) in [5, 5.41) is 3.59. The van der Waals surface area contributed by atoms with Crippen LogP contribution in [0.2, 0.25) is 0 Å². The van der Waals surface area contributed by atoms with Crippen LogP contribution in [0.5, 0.6) is 0 Å². The second-order valence-electron chi connectivity index (χ2n) is 5.76. The van der Waals surface area contributed by atoms with Crippen molar-refractivity contribution in [2.45, 2.75) is 45.7 Å². The second-order valence-corrected chi connectivity index (χ2v) is 5.76. The van der Waals surface area contributed by atoms with E-state index in [2.05, 4.69) is 62.2 Å². The van der Waals surface area contributed by atoms with Crippen LogP contribution in [-0.4, -0.2) is 24.7 Å². The van der Waals surface area contributed by atoms with E-state index in [0.29, 0.717) is 6.04 Å². The Morgan fingerprint density at radius 1 is 1.29 bits per heavy atom. The minimum atomic E-state index is 0.204. The predicted octanol–water partition coefficient (Wildman–Crippen LogP) is 2.83. The summed E-state index contributed by atoms with van der Waals surface area (Å²) in [6.07, 6.45) is 1.11. The van der Waals surface area contributed by atoms with Crippen LogP contribution in [0.1, 0.15) is 33.3 Å². The van der Waals surface area contributed by atoms with Gasteiger partial charge in [-0.3, -0.25) is 0 Å². The van der Waals surface area contributed by atoms with Crippen molar-refractivity contribution >= 4 is 5.69 Å². The Morgan fingerprint density at radius 2 is 1.94 bits per heavy atom. The van der Waals surface area contributed by atoms with Gasteiger partial charge < -0.3 is 10.2 Å². The molecular weight excluding hydrogens is 208 g/mol. The van der Waals surface area contributed by atoms with Gasteiger partial charge in [0.05, 0.1) is 0 Å². The Kier molecular flexibility index (Phi) is 3.43. The van der Waals surface area contributed by atoms with Crippen LogP contribution >= 0.6 is 0 Å². The van der Waals surface area contributed by atoms with Crippen molar-refractivity contribution < 1.29 is 0 Å². The van der Waals surface area contributed by atoms with Crippen LogP contribution < -0.4 is 10.2 Å². The van der Waals surface area contributed by atoms with Crippen molar-refractivity contribution in [1.29, 1.82) is 0 Å². The molecule has 2 nitrogen and oxygen atoms in total. The third kappa shape index (κ3) is 2.81. The van der Waals surface area contributed by atoms with Crippen molar-refractivity contribution in [1.82, 2.24) is 5.32 Å². The Morgan fingerprint density at radius 3 is 2.53 bits per heavy atom. The average Bonchev–Trinajstić information content (AvgIpc) is 2.33. The van der Waals surface area contributed by atoms with E-state index in [9.17, 15) is 0 Å². The Bertz CT molecular complexity index is 367. The normalized spacial score (nSPS) is 23.8. The van der Waals surface area contributed by atoms with Crippen LogP contribution in [0, 0.1) is 0 Å². The highest BCUT2D eigenvalue weighted by molar-refractivity contribution is 5.49. The average molecular weight is 232 g/mol. The van der Waals surface area contributed by atoms with Crippen molar-refractivity contribution in [2.75, 3.05) is 18.0 Å². The Balaban J connectivity index is 2.18. The summed E-state index contributed by atoms with van der Waals surface area (Å²) >= 11 is 0. The van der Waals surface area contributed by atoms with Crippen molar-refractivity contribution in [3.05, 3.63) is 29.8 Å². The summed E-state index contributed by atoms with van der Waals surface area (Å²) in [5.41, 5.74) is 2.97. The van der Waals surface area contributed by atoms with Crippen molar-refractivity contribution in [3.8, 4) is 0 Å². The molecule has 0 aliphatic carbocycles. The van der Waals surface area contributed by atoms with Gasteiger partial charge >= 0.3 is 0 Å². The van der Waals surface area contributed by atoms with Crippen LogP contribution in [0.15, 0.2) is 24.3 Å². The molecule has 94 valence electrons. The number of rotatable bonds is 2. The van der Waals surface area contributed by atoms with Crippen LogP contribution in [0.4, 0.5) is 5.69 Å². The van der Waals surface area contributed by atoms with E-state index in [1.54, 1.807) is 0 Å². The molecule has 1 heterocycles. The molecule has 1 fully saturated rings. The number of aryl methyl sites for hydroxylation is 1. The second kappa shape index (κ2) is 4.69. The molecule has 2 heteroatoms. The molecule has 1 atom stereocenters. The van der Waals surface area contributed by atoms with Crippen LogP contribution in [0.25, 0.3) is 0 Å². The predicted molar refractivity (Wildman–Crippen MR) is 74.7 cm³/mol. The first-order valence-corrected chi connectivity index (χ1v) is 6.62. The van der Waals surface area contributed by atoms with E-state index < -0.39 is 0 Å². The van der Waals surface area contributed by atoms with E-state index in [0.717, 1.165) is 19.5 Å². The summed E-state index contributed by atoms with van der Waals surface area (Å²) in [4.78, 5) is 2.51. The fraction of sp³-hybridized carbons (Fsp3) is 0.600. The standard InChI is InChI=1S/C15H24N2/c1-5-13-6-8-14(9-7-13)17-11-15(3,4)16-10-12(17)2/h6-9,12,16H,5,10-11H2,1-4H3. The Hall–Kier alpha value is -1.02. The molecular formula is C15H24N2. The molecule has 1 saturated heterocycles.